The van der Waals surface area contributed by atoms with E-state index in [4.69, 9.17) is 4.74 Å². The van der Waals surface area contributed by atoms with Gasteiger partial charge in [0, 0.05) is 16.4 Å². The highest BCUT2D eigenvalue weighted by atomic mass is 79.9. The number of benzene rings is 2. The van der Waals surface area contributed by atoms with E-state index in [9.17, 15) is 4.79 Å². The van der Waals surface area contributed by atoms with Gasteiger partial charge in [-0.3, -0.25) is 9.89 Å². The molecule has 3 N–H and O–H groups in total. The number of fused-ring (bicyclic) bond motifs is 2. The highest BCUT2D eigenvalue weighted by Gasteiger charge is 2.13. The number of H-pyrrole nitrogens is 1. The van der Waals surface area contributed by atoms with E-state index in [1.54, 1.807) is 0 Å². The number of anilines is 2. The minimum Gasteiger partial charge on any atom is -0.490 e. The van der Waals surface area contributed by atoms with Gasteiger partial charge < -0.3 is 15.4 Å². The van der Waals surface area contributed by atoms with E-state index in [1.807, 2.05) is 36.4 Å². The summed E-state index contributed by atoms with van der Waals surface area (Å²) in [6.45, 7) is 1.44. The summed E-state index contributed by atoms with van der Waals surface area (Å²) < 4.78 is 6.56. The molecule has 0 spiro atoms. The Morgan fingerprint density at radius 2 is 2.21 bits per heavy atom. The molecule has 0 radical (unpaired) electrons. The van der Waals surface area contributed by atoms with Crippen molar-refractivity contribution in [3.8, 4) is 5.75 Å². The molecule has 6 nitrogen and oxygen atoms in total. The van der Waals surface area contributed by atoms with Crippen molar-refractivity contribution in [1.29, 1.82) is 0 Å². The first-order chi connectivity index (χ1) is 11.7. The number of nitrogens with one attached hydrogen (secondary N) is 3. The normalized spacial score (nSPS) is 13.0. The van der Waals surface area contributed by atoms with Crippen LogP contribution in [0.3, 0.4) is 0 Å². The van der Waals surface area contributed by atoms with Gasteiger partial charge in [0.2, 0.25) is 5.91 Å². The maximum absolute atomic E-state index is 12.3. The molecule has 0 aliphatic carbocycles. The number of aromatic amines is 1. The number of rotatable bonds is 3. The minimum atomic E-state index is -0.116. The lowest BCUT2D eigenvalue weighted by Gasteiger charge is -2.19. The van der Waals surface area contributed by atoms with E-state index in [-0.39, 0.29) is 12.3 Å². The van der Waals surface area contributed by atoms with Gasteiger partial charge in [0.25, 0.3) is 0 Å². The van der Waals surface area contributed by atoms with E-state index in [2.05, 4.69) is 36.8 Å². The van der Waals surface area contributed by atoms with Gasteiger partial charge in [-0.15, -0.1) is 0 Å². The lowest BCUT2D eigenvalue weighted by Crippen LogP contribution is -2.19. The van der Waals surface area contributed by atoms with Crippen molar-refractivity contribution < 1.29 is 9.53 Å². The smallest absolute Gasteiger partial charge is 0.230 e. The van der Waals surface area contributed by atoms with Gasteiger partial charge in [0.1, 0.15) is 12.4 Å². The third-order valence-electron chi connectivity index (χ3n) is 3.87. The largest absolute Gasteiger partial charge is 0.490 e. The van der Waals surface area contributed by atoms with Crippen molar-refractivity contribution in [2.45, 2.75) is 6.42 Å². The third-order valence-corrected chi connectivity index (χ3v) is 4.36. The van der Waals surface area contributed by atoms with Gasteiger partial charge in [-0.25, -0.2) is 0 Å². The Balaban J connectivity index is 1.50. The van der Waals surface area contributed by atoms with Crippen molar-refractivity contribution in [1.82, 2.24) is 10.2 Å². The van der Waals surface area contributed by atoms with Crippen LogP contribution in [0.1, 0.15) is 5.56 Å². The van der Waals surface area contributed by atoms with E-state index in [1.165, 1.54) is 0 Å². The predicted molar refractivity (Wildman–Crippen MR) is 96.6 cm³/mol. The molecule has 4 rings (SSSR count). The molecule has 0 saturated heterocycles. The lowest BCUT2D eigenvalue weighted by molar-refractivity contribution is -0.115. The molecule has 0 bridgehead atoms. The van der Waals surface area contributed by atoms with Crippen LogP contribution in [0, 0.1) is 0 Å². The quantitative estimate of drug-likeness (QED) is 0.644. The molecule has 1 aliphatic heterocycles. The maximum atomic E-state index is 12.3. The number of carbonyl (C=O) groups is 1. The highest BCUT2D eigenvalue weighted by molar-refractivity contribution is 9.10. The minimum absolute atomic E-state index is 0.116. The zero-order valence-electron chi connectivity index (χ0n) is 12.7. The fourth-order valence-electron chi connectivity index (χ4n) is 2.74. The molecule has 0 atom stereocenters. The molecule has 1 amide bonds. The van der Waals surface area contributed by atoms with Crippen LogP contribution in [0.25, 0.3) is 10.9 Å². The number of hydrogen-bond donors (Lipinski definition) is 3. The number of ether oxygens (including phenoxy) is 1. The van der Waals surface area contributed by atoms with Crippen LogP contribution >= 0.6 is 15.9 Å². The van der Waals surface area contributed by atoms with Crippen molar-refractivity contribution in [3.63, 3.8) is 0 Å². The predicted octanol–water partition coefficient (Wildman–Crippen LogP) is 3.31. The number of amides is 1. The second kappa shape index (κ2) is 6.16. The Bertz CT molecular complexity index is 922. The molecule has 0 unspecified atom stereocenters. The third kappa shape index (κ3) is 2.94. The molecule has 0 fully saturated rings. The van der Waals surface area contributed by atoms with E-state index < -0.39 is 0 Å². The lowest BCUT2D eigenvalue weighted by atomic mass is 10.1. The summed E-state index contributed by atoms with van der Waals surface area (Å²) >= 11 is 3.41. The van der Waals surface area contributed by atoms with Crippen molar-refractivity contribution in [3.05, 3.63) is 46.4 Å². The molecule has 24 heavy (non-hydrogen) atoms. The highest BCUT2D eigenvalue weighted by Crippen LogP contribution is 2.28. The zero-order valence-corrected chi connectivity index (χ0v) is 14.3. The van der Waals surface area contributed by atoms with Crippen molar-refractivity contribution in [2.24, 2.45) is 0 Å². The van der Waals surface area contributed by atoms with E-state index >= 15 is 0 Å². The molecular formula is C17H15BrN4O2. The Labute approximate surface area is 146 Å². The van der Waals surface area contributed by atoms with Gasteiger partial charge in [0.05, 0.1) is 17.6 Å². The molecule has 1 aromatic heterocycles. The number of aromatic nitrogens is 2. The second-order valence-corrected chi connectivity index (χ2v) is 6.51. The van der Waals surface area contributed by atoms with Gasteiger partial charge in [-0.2, -0.15) is 5.10 Å². The van der Waals surface area contributed by atoms with Crippen molar-refractivity contribution >= 4 is 44.2 Å². The maximum Gasteiger partial charge on any atom is 0.230 e. The van der Waals surface area contributed by atoms with E-state index in [0.717, 1.165) is 38.9 Å². The Morgan fingerprint density at radius 3 is 3.12 bits per heavy atom. The number of carbonyl (C=O) groups excluding carboxylic acids is 1. The summed E-state index contributed by atoms with van der Waals surface area (Å²) in [4.78, 5) is 12.3. The summed E-state index contributed by atoms with van der Waals surface area (Å²) in [6, 6.07) is 11.5. The summed E-state index contributed by atoms with van der Waals surface area (Å²) in [6.07, 6.45) is 0.265. The Kier molecular flexibility index (Phi) is 3.86. The first-order valence-corrected chi connectivity index (χ1v) is 8.41. The summed E-state index contributed by atoms with van der Waals surface area (Å²) in [5.41, 5.74) is 2.74. The van der Waals surface area contributed by atoms with Crippen LogP contribution in [0.5, 0.6) is 5.75 Å². The first kappa shape index (κ1) is 15.0. The molecular weight excluding hydrogens is 372 g/mol. The Morgan fingerprint density at radius 1 is 1.29 bits per heavy atom. The first-order valence-electron chi connectivity index (χ1n) is 7.62. The van der Waals surface area contributed by atoms with Crippen molar-refractivity contribution in [2.75, 3.05) is 23.8 Å². The summed E-state index contributed by atoms with van der Waals surface area (Å²) in [7, 11) is 0. The van der Waals surface area contributed by atoms with Gasteiger partial charge in [-0.05, 0) is 35.9 Å². The van der Waals surface area contributed by atoms with Crippen LogP contribution in [0.4, 0.5) is 11.5 Å². The molecule has 2 heterocycles. The van der Waals surface area contributed by atoms with Crippen LogP contribution in [-0.4, -0.2) is 29.3 Å². The zero-order chi connectivity index (χ0) is 16.5. The molecule has 2 aromatic carbocycles. The number of nitrogens with zero attached hydrogens (tertiary/aromatic N) is 1. The average Bonchev–Trinajstić information content (AvgIpc) is 2.96. The van der Waals surface area contributed by atoms with Crippen LogP contribution in [0.2, 0.25) is 0 Å². The van der Waals surface area contributed by atoms with Crippen LogP contribution in [-0.2, 0) is 11.2 Å². The Hall–Kier alpha value is -2.54. The summed E-state index contributed by atoms with van der Waals surface area (Å²) in [5.74, 6) is 1.22. The number of hydrogen-bond acceptors (Lipinski definition) is 4. The summed E-state index contributed by atoms with van der Waals surface area (Å²) in [5, 5.41) is 14.1. The average molecular weight is 387 g/mol. The van der Waals surface area contributed by atoms with Crippen LogP contribution in [0.15, 0.2) is 40.9 Å². The molecule has 122 valence electrons. The number of halogens is 1. The second-order valence-electron chi connectivity index (χ2n) is 5.59. The SMILES string of the molecule is O=C(Cc1ccc2c(c1)OCCN2)Nc1n[nH]c2cc(Br)ccc12. The molecule has 3 aromatic rings. The monoisotopic (exact) mass is 386 g/mol. The van der Waals surface area contributed by atoms with Gasteiger partial charge in [0.15, 0.2) is 5.82 Å². The van der Waals surface area contributed by atoms with Crippen LogP contribution < -0.4 is 15.4 Å². The molecule has 1 aliphatic rings. The fourth-order valence-corrected chi connectivity index (χ4v) is 3.10. The van der Waals surface area contributed by atoms with Gasteiger partial charge in [-0.1, -0.05) is 22.0 Å². The fraction of sp³-hybridized carbons (Fsp3) is 0.176. The van der Waals surface area contributed by atoms with E-state index in [0.29, 0.717) is 12.4 Å². The topological polar surface area (TPSA) is 79.0 Å². The molecule has 0 saturated carbocycles. The standard InChI is InChI=1S/C17H15BrN4O2/c18-11-2-3-12-14(9-11)21-22-17(12)20-16(23)8-10-1-4-13-15(7-10)24-6-5-19-13/h1-4,7,9,19H,5-6,8H2,(H2,20,21,22,23). The van der Waals surface area contributed by atoms with Gasteiger partial charge >= 0.3 is 0 Å². The molecule has 7 heteroatoms.